The van der Waals surface area contributed by atoms with Gasteiger partial charge in [-0.2, -0.15) is 17.6 Å². The molecule has 1 aromatic carbocycles. The fourth-order valence-corrected chi connectivity index (χ4v) is 3.74. The van der Waals surface area contributed by atoms with Crippen LogP contribution in [0.3, 0.4) is 0 Å². The Hall–Kier alpha value is -3.69. The molecule has 1 aliphatic rings. The molecule has 0 saturated heterocycles. The summed E-state index contributed by atoms with van der Waals surface area (Å²) in [5, 5.41) is 2.56. The summed E-state index contributed by atoms with van der Waals surface area (Å²) in [5.74, 6) is -1.90. The molecular formula is C22H18F4N4O2. The Morgan fingerprint density at radius 3 is 2.50 bits per heavy atom. The van der Waals surface area contributed by atoms with Gasteiger partial charge in [0, 0.05) is 30.7 Å². The van der Waals surface area contributed by atoms with E-state index in [2.05, 4.69) is 10.3 Å². The summed E-state index contributed by atoms with van der Waals surface area (Å²) in [6.07, 6.45) is -1.61. The summed E-state index contributed by atoms with van der Waals surface area (Å²) in [5.41, 5.74) is 0.206. The van der Waals surface area contributed by atoms with Crippen LogP contribution in [0.5, 0.6) is 0 Å². The van der Waals surface area contributed by atoms with Crippen LogP contribution in [0.2, 0.25) is 0 Å². The molecule has 0 spiro atoms. The Kier molecular flexibility index (Phi) is 5.23. The van der Waals surface area contributed by atoms with E-state index in [0.717, 1.165) is 18.2 Å². The molecule has 1 aliphatic heterocycles. The molecule has 3 aromatic rings. The number of carbonyl (C=O) groups is 2. The normalized spacial score (nSPS) is 16.1. The van der Waals surface area contributed by atoms with Gasteiger partial charge in [0.05, 0.1) is 22.9 Å². The largest absolute Gasteiger partial charge is 0.416 e. The van der Waals surface area contributed by atoms with E-state index in [9.17, 15) is 27.2 Å². The zero-order valence-corrected chi connectivity index (χ0v) is 17.1. The van der Waals surface area contributed by atoms with Crippen molar-refractivity contribution in [3.8, 4) is 0 Å². The van der Waals surface area contributed by atoms with E-state index in [1.165, 1.54) is 34.0 Å². The van der Waals surface area contributed by atoms with Crippen LogP contribution in [0.25, 0.3) is 0 Å². The van der Waals surface area contributed by atoms with Crippen LogP contribution in [0.15, 0.2) is 48.8 Å². The average Bonchev–Trinajstić information content (AvgIpc) is 3.07. The van der Waals surface area contributed by atoms with Gasteiger partial charge in [-0.05, 0) is 49.7 Å². The first-order chi connectivity index (χ1) is 15.1. The number of hydrogen-bond donors (Lipinski definition) is 1. The van der Waals surface area contributed by atoms with E-state index in [1.807, 2.05) is 0 Å². The number of alkyl halides is 3. The first-order valence-electron chi connectivity index (χ1n) is 9.69. The van der Waals surface area contributed by atoms with Crippen LogP contribution in [-0.2, 0) is 6.18 Å². The van der Waals surface area contributed by atoms with Gasteiger partial charge in [-0.15, -0.1) is 0 Å². The highest BCUT2D eigenvalue weighted by Gasteiger charge is 2.36. The number of aryl methyl sites for hydroxylation is 1. The zero-order valence-electron chi connectivity index (χ0n) is 17.1. The van der Waals surface area contributed by atoms with Crippen molar-refractivity contribution in [2.24, 2.45) is 0 Å². The van der Waals surface area contributed by atoms with E-state index < -0.39 is 35.5 Å². The lowest BCUT2D eigenvalue weighted by atomic mass is 10.1. The molecule has 6 nitrogen and oxygen atoms in total. The molecule has 1 atom stereocenters. The second-order valence-electron chi connectivity index (χ2n) is 7.55. The van der Waals surface area contributed by atoms with Crippen LogP contribution >= 0.6 is 0 Å². The average molecular weight is 446 g/mol. The Labute approximate surface area is 180 Å². The maximum Gasteiger partial charge on any atom is 0.416 e. The topological polar surface area (TPSA) is 67.2 Å². The molecule has 1 N–H and O–H groups in total. The van der Waals surface area contributed by atoms with Crippen molar-refractivity contribution in [3.05, 3.63) is 77.1 Å². The van der Waals surface area contributed by atoms with E-state index >= 15 is 0 Å². The second-order valence-corrected chi connectivity index (χ2v) is 7.55. The van der Waals surface area contributed by atoms with Gasteiger partial charge < -0.3 is 14.8 Å². The number of anilines is 2. The monoisotopic (exact) mass is 446 g/mol. The van der Waals surface area contributed by atoms with Crippen LogP contribution in [0, 0.1) is 12.9 Å². The van der Waals surface area contributed by atoms with Gasteiger partial charge in [0.25, 0.3) is 11.8 Å². The number of halogens is 4. The fraction of sp³-hybridized carbons (Fsp3) is 0.227. The van der Waals surface area contributed by atoms with E-state index in [4.69, 9.17) is 0 Å². The van der Waals surface area contributed by atoms with Crippen molar-refractivity contribution in [3.63, 3.8) is 0 Å². The Balaban J connectivity index is 1.69. The molecule has 2 amide bonds. The van der Waals surface area contributed by atoms with Gasteiger partial charge in [-0.1, -0.05) is 0 Å². The lowest BCUT2D eigenvalue weighted by Crippen LogP contribution is -2.43. The molecule has 10 heteroatoms. The standard InChI is InChI=1S/C22H18F4N4O2/c1-12-7-8-27-10-16(12)20(31)28-17-9-18(23)30-13(2)11-29(21(32)19(17)30)15-5-3-14(4-6-15)22(24,25)26/h3-10,13H,11H2,1-2H3,(H,28,31)/t13-/m0/s1. The number of amides is 2. The number of hydrogen-bond acceptors (Lipinski definition) is 3. The molecule has 32 heavy (non-hydrogen) atoms. The molecule has 0 unspecified atom stereocenters. The van der Waals surface area contributed by atoms with Crippen LogP contribution in [0.4, 0.5) is 28.9 Å². The Morgan fingerprint density at radius 1 is 1.19 bits per heavy atom. The highest BCUT2D eigenvalue weighted by atomic mass is 19.4. The van der Waals surface area contributed by atoms with Gasteiger partial charge in [0.15, 0.2) is 5.95 Å². The quantitative estimate of drug-likeness (QED) is 0.587. The van der Waals surface area contributed by atoms with Crippen molar-refractivity contribution < 1.29 is 27.2 Å². The smallest absolute Gasteiger partial charge is 0.320 e. The summed E-state index contributed by atoms with van der Waals surface area (Å²) < 4.78 is 54.5. The molecule has 0 bridgehead atoms. The predicted octanol–water partition coefficient (Wildman–Crippen LogP) is 4.82. The lowest BCUT2D eigenvalue weighted by Gasteiger charge is -2.33. The molecule has 4 rings (SSSR count). The predicted molar refractivity (Wildman–Crippen MR) is 109 cm³/mol. The first kappa shape index (κ1) is 21.5. The highest BCUT2D eigenvalue weighted by molar-refractivity contribution is 6.13. The SMILES string of the molecule is Cc1ccncc1C(=O)Nc1cc(F)n2c1C(=O)N(c1ccc(C(F)(F)F)cc1)C[C@@H]2C. The summed E-state index contributed by atoms with van der Waals surface area (Å²) in [4.78, 5) is 31.1. The van der Waals surface area contributed by atoms with Crippen molar-refractivity contribution in [2.45, 2.75) is 26.1 Å². The molecule has 0 radical (unpaired) electrons. The number of carbonyl (C=O) groups excluding carboxylic acids is 2. The van der Waals surface area contributed by atoms with Gasteiger partial charge >= 0.3 is 6.18 Å². The minimum Gasteiger partial charge on any atom is -0.320 e. The minimum atomic E-state index is -4.50. The van der Waals surface area contributed by atoms with Crippen LogP contribution < -0.4 is 10.2 Å². The van der Waals surface area contributed by atoms with Gasteiger partial charge in [-0.3, -0.25) is 14.6 Å². The number of pyridine rings is 1. The number of benzene rings is 1. The lowest BCUT2D eigenvalue weighted by molar-refractivity contribution is -0.137. The summed E-state index contributed by atoms with van der Waals surface area (Å²) in [6, 6.07) is 6.34. The number of aromatic nitrogens is 2. The van der Waals surface area contributed by atoms with Crippen molar-refractivity contribution in [1.82, 2.24) is 9.55 Å². The van der Waals surface area contributed by atoms with E-state index in [1.54, 1.807) is 19.9 Å². The third-order valence-electron chi connectivity index (χ3n) is 5.36. The molecule has 2 aromatic heterocycles. The highest BCUT2D eigenvalue weighted by Crippen LogP contribution is 2.35. The van der Waals surface area contributed by atoms with Crippen LogP contribution in [-0.4, -0.2) is 27.9 Å². The fourth-order valence-electron chi connectivity index (χ4n) is 3.74. The van der Waals surface area contributed by atoms with Crippen LogP contribution in [0.1, 0.15) is 44.9 Å². The summed E-state index contributed by atoms with van der Waals surface area (Å²) in [6.45, 7) is 3.44. The molecule has 0 aliphatic carbocycles. The number of nitrogens with zero attached hydrogens (tertiary/aromatic N) is 3. The van der Waals surface area contributed by atoms with E-state index in [0.29, 0.717) is 5.56 Å². The second kappa shape index (κ2) is 7.77. The molecule has 0 saturated carbocycles. The van der Waals surface area contributed by atoms with Gasteiger partial charge in [0.2, 0.25) is 0 Å². The number of nitrogens with one attached hydrogen (secondary N) is 1. The van der Waals surface area contributed by atoms with Crippen molar-refractivity contribution in [2.75, 3.05) is 16.8 Å². The minimum absolute atomic E-state index is 0.0239. The molecule has 0 fully saturated rings. The third-order valence-corrected chi connectivity index (χ3v) is 5.36. The molecule has 3 heterocycles. The number of fused-ring (bicyclic) bond motifs is 1. The Morgan fingerprint density at radius 2 is 1.88 bits per heavy atom. The first-order valence-corrected chi connectivity index (χ1v) is 9.69. The summed E-state index contributed by atoms with van der Waals surface area (Å²) in [7, 11) is 0. The van der Waals surface area contributed by atoms with Gasteiger partial charge in [-0.25, -0.2) is 0 Å². The van der Waals surface area contributed by atoms with Crippen molar-refractivity contribution in [1.29, 1.82) is 0 Å². The Bertz CT molecular complexity index is 1200. The number of rotatable bonds is 3. The van der Waals surface area contributed by atoms with Crippen molar-refractivity contribution >= 4 is 23.2 Å². The maximum absolute atomic E-state index is 14.7. The summed E-state index contributed by atoms with van der Waals surface area (Å²) >= 11 is 0. The zero-order chi connectivity index (χ0) is 23.2. The molecule has 166 valence electrons. The molecular weight excluding hydrogens is 428 g/mol. The maximum atomic E-state index is 14.7. The van der Waals surface area contributed by atoms with Gasteiger partial charge in [0.1, 0.15) is 5.69 Å². The third kappa shape index (κ3) is 3.72. The van der Waals surface area contributed by atoms with E-state index in [-0.39, 0.29) is 29.2 Å².